The Balaban J connectivity index is 2.51. The van der Waals surface area contributed by atoms with E-state index in [0.29, 0.717) is 28.1 Å². The van der Waals surface area contributed by atoms with Gasteiger partial charge in [-0.05, 0) is 12.8 Å². The highest BCUT2D eigenvalue weighted by Gasteiger charge is 2.18. The number of aromatic nitrogens is 4. The highest BCUT2D eigenvalue weighted by atomic mass is 35.5. The summed E-state index contributed by atoms with van der Waals surface area (Å²) in [7, 11) is 0. The molecule has 2 aromatic rings. The van der Waals surface area contributed by atoms with Crippen molar-refractivity contribution >= 4 is 17.5 Å². The molecule has 0 unspecified atom stereocenters. The van der Waals surface area contributed by atoms with Crippen molar-refractivity contribution in [2.75, 3.05) is 5.73 Å². The van der Waals surface area contributed by atoms with Crippen LogP contribution < -0.4 is 5.73 Å². The molecule has 0 spiro atoms. The Bertz CT molecular complexity index is 648. The van der Waals surface area contributed by atoms with Gasteiger partial charge in [-0.2, -0.15) is 13.9 Å². The van der Waals surface area contributed by atoms with Gasteiger partial charge in [-0.25, -0.2) is 14.6 Å². The Morgan fingerprint density at radius 3 is 2.76 bits per heavy atom. The fourth-order valence-corrected chi connectivity index (χ4v) is 2.02. The quantitative estimate of drug-likeness (QED) is 0.677. The Morgan fingerprint density at radius 1 is 1.48 bits per heavy atom. The summed E-state index contributed by atoms with van der Waals surface area (Å²) in [6, 6.07) is 1.44. The van der Waals surface area contributed by atoms with Gasteiger partial charge >= 0.3 is 6.55 Å². The van der Waals surface area contributed by atoms with E-state index in [9.17, 15) is 8.78 Å². The second-order valence-electron chi connectivity index (χ2n) is 4.48. The molecule has 0 saturated carbocycles. The second kappa shape index (κ2) is 6.17. The first-order valence-electron chi connectivity index (χ1n) is 6.24. The summed E-state index contributed by atoms with van der Waals surface area (Å²) in [5.74, 6) is -0.0376. The van der Waals surface area contributed by atoms with Crippen LogP contribution in [0, 0.1) is 0 Å². The van der Waals surface area contributed by atoms with Gasteiger partial charge in [0.25, 0.3) is 0 Å². The van der Waals surface area contributed by atoms with Gasteiger partial charge in [-0.15, -0.1) is 0 Å². The van der Waals surface area contributed by atoms with Crippen LogP contribution in [0.15, 0.2) is 24.4 Å². The van der Waals surface area contributed by atoms with Crippen LogP contribution in [0.2, 0.25) is 5.15 Å². The van der Waals surface area contributed by atoms with Crippen LogP contribution in [0.5, 0.6) is 0 Å². The van der Waals surface area contributed by atoms with Crippen LogP contribution in [0.4, 0.5) is 14.7 Å². The number of allylic oxidation sites excluding steroid dienone is 1. The third kappa shape index (κ3) is 3.55. The standard InChI is InChI=1S/C13H14ClF2N5/c1-3-7(2)4-8-6-21(12(15)16)20-11(8)9-5-10(14)19-13(17)18-9/h5-6,12H,2-4H2,1H3,(H2,17,18,19). The van der Waals surface area contributed by atoms with E-state index in [4.69, 9.17) is 17.3 Å². The fourth-order valence-electron chi connectivity index (χ4n) is 1.83. The first-order valence-corrected chi connectivity index (χ1v) is 6.61. The molecule has 2 N–H and O–H groups in total. The highest BCUT2D eigenvalue weighted by molar-refractivity contribution is 6.29. The second-order valence-corrected chi connectivity index (χ2v) is 4.86. The Labute approximate surface area is 125 Å². The summed E-state index contributed by atoms with van der Waals surface area (Å²) < 4.78 is 26.3. The van der Waals surface area contributed by atoms with Crippen molar-refractivity contribution in [1.29, 1.82) is 0 Å². The summed E-state index contributed by atoms with van der Waals surface area (Å²) in [5.41, 5.74) is 7.65. The zero-order valence-electron chi connectivity index (χ0n) is 11.4. The van der Waals surface area contributed by atoms with Gasteiger partial charge in [0.2, 0.25) is 5.95 Å². The number of halogens is 3. The van der Waals surface area contributed by atoms with E-state index in [1.807, 2.05) is 6.92 Å². The average Bonchev–Trinajstić information content (AvgIpc) is 2.81. The third-order valence-corrected chi connectivity index (χ3v) is 3.10. The maximum absolute atomic E-state index is 12.8. The van der Waals surface area contributed by atoms with E-state index < -0.39 is 6.55 Å². The maximum atomic E-state index is 12.8. The number of hydrogen-bond donors (Lipinski definition) is 1. The Hall–Kier alpha value is -2.02. The molecule has 5 nitrogen and oxygen atoms in total. The Morgan fingerprint density at radius 2 is 2.19 bits per heavy atom. The molecule has 0 amide bonds. The van der Waals surface area contributed by atoms with Crippen molar-refractivity contribution in [1.82, 2.24) is 19.7 Å². The number of anilines is 1. The van der Waals surface area contributed by atoms with Gasteiger partial charge in [0.15, 0.2) is 0 Å². The van der Waals surface area contributed by atoms with Gasteiger partial charge < -0.3 is 5.73 Å². The van der Waals surface area contributed by atoms with E-state index in [2.05, 4.69) is 21.6 Å². The van der Waals surface area contributed by atoms with E-state index in [1.165, 1.54) is 12.3 Å². The lowest BCUT2D eigenvalue weighted by atomic mass is 10.0. The monoisotopic (exact) mass is 313 g/mol. The summed E-state index contributed by atoms with van der Waals surface area (Å²) in [4.78, 5) is 7.74. The predicted molar refractivity (Wildman–Crippen MR) is 77.1 cm³/mol. The first kappa shape index (κ1) is 15.4. The highest BCUT2D eigenvalue weighted by Crippen LogP contribution is 2.27. The van der Waals surface area contributed by atoms with Gasteiger partial charge in [0, 0.05) is 17.8 Å². The molecule has 8 heteroatoms. The van der Waals surface area contributed by atoms with Crippen molar-refractivity contribution in [3.8, 4) is 11.4 Å². The molecule has 0 atom stereocenters. The summed E-state index contributed by atoms with van der Waals surface area (Å²) in [6.45, 7) is 3.09. The predicted octanol–water partition coefficient (Wildman–Crippen LogP) is 3.48. The normalized spacial score (nSPS) is 11.1. The number of nitrogens with two attached hydrogens (primary N) is 1. The molecule has 21 heavy (non-hydrogen) atoms. The minimum absolute atomic E-state index is 0.0376. The van der Waals surface area contributed by atoms with Crippen molar-refractivity contribution in [2.45, 2.75) is 26.3 Å². The average molecular weight is 314 g/mol. The molecule has 0 aliphatic heterocycles. The van der Waals surface area contributed by atoms with E-state index >= 15 is 0 Å². The minimum Gasteiger partial charge on any atom is -0.368 e. The molecular weight excluding hydrogens is 300 g/mol. The van der Waals surface area contributed by atoms with Crippen LogP contribution >= 0.6 is 11.6 Å². The third-order valence-electron chi connectivity index (χ3n) is 2.90. The zero-order valence-corrected chi connectivity index (χ0v) is 12.1. The lowest BCUT2D eigenvalue weighted by molar-refractivity contribution is 0.0567. The summed E-state index contributed by atoms with van der Waals surface area (Å²) >= 11 is 5.82. The molecule has 0 aromatic carbocycles. The van der Waals surface area contributed by atoms with Crippen molar-refractivity contribution in [3.63, 3.8) is 0 Å². The van der Waals surface area contributed by atoms with Gasteiger partial charge in [0.1, 0.15) is 10.8 Å². The van der Waals surface area contributed by atoms with E-state index in [-0.39, 0.29) is 11.1 Å². The van der Waals surface area contributed by atoms with Crippen LogP contribution in [0.3, 0.4) is 0 Å². The molecule has 0 radical (unpaired) electrons. The van der Waals surface area contributed by atoms with E-state index in [0.717, 1.165) is 12.0 Å². The SMILES string of the molecule is C=C(CC)Cc1cn(C(F)F)nc1-c1cc(Cl)nc(N)n1. The largest absolute Gasteiger partial charge is 0.368 e. The number of nitrogens with zero attached hydrogens (tertiary/aromatic N) is 4. The smallest absolute Gasteiger partial charge is 0.333 e. The number of alkyl halides is 2. The molecular formula is C13H14ClF2N5. The molecule has 2 aromatic heterocycles. The maximum Gasteiger partial charge on any atom is 0.333 e. The minimum atomic E-state index is -2.73. The van der Waals surface area contributed by atoms with Crippen LogP contribution in [0.25, 0.3) is 11.4 Å². The van der Waals surface area contributed by atoms with Crippen LogP contribution in [-0.4, -0.2) is 19.7 Å². The summed E-state index contributed by atoms with van der Waals surface area (Å²) in [5, 5.41) is 4.00. The van der Waals surface area contributed by atoms with Crippen LogP contribution in [-0.2, 0) is 6.42 Å². The molecule has 0 aliphatic rings. The lowest BCUT2D eigenvalue weighted by Crippen LogP contribution is -2.00. The number of nitrogen functional groups attached to an aromatic ring is 1. The number of hydrogen-bond acceptors (Lipinski definition) is 4. The molecule has 112 valence electrons. The molecule has 0 saturated heterocycles. The molecule has 2 heterocycles. The molecule has 0 fully saturated rings. The summed E-state index contributed by atoms with van der Waals surface area (Å²) in [6.07, 6.45) is 2.46. The van der Waals surface area contributed by atoms with Crippen LogP contribution in [0.1, 0.15) is 25.5 Å². The molecule has 0 aliphatic carbocycles. The molecule has 2 rings (SSSR count). The van der Waals surface area contributed by atoms with Gasteiger partial charge in [-0.1, -0.05) is 30.7 Å². The van der Waals surface area contributed by atoms with E-state index in [1.54, 1.807) is 0 Å². The fraction of sp³-hybridized carbons (Fsp3) is 0.308. The van der Waals surface area contributed by atoms with Crippen molar-refractivity contribution in [3.05, 3.63) is 35.1 Å². The number of rotatable bonds is 5. The lowest BCUT2D eigenvalue weighted by Gasteiger charge is -2.04. The topological polar surface area (TPSA) is 69.6 Å². The van der Waals surface area contributed by atoms with Gasteiger partial charge in [0.05, 0.1) is 5.69 Å². The van der Waals surface area contributed by atoms with Gasteiger partial charge in [-0.3, -0.25) is 0 Å². The zero-order chi connectivity index (χ0) is 15.6. The first-order chi connectivity index (χ1) is 9.90. The molecule has 0 bridgehead atoms. The van der Waals surface area contributed by atoms with Crippen molar-refractivity contribution < 1.29 is 8.78 Å². The van der Waals surface area contributed by atoms with Crippen molar-refractivity contribution in [2.24, 2.45) is 0 Å². The Kier molecular flexibility index (Phi) is 4.52.